The van der Waals surface area contributed by atoms with Crippen molar-refractivity contribution in [3.8, 4) is 0 Å². The quantitative estimate of drug-likeness (QED) is 0.375. The molecule has 0 atom stereocenters. The fourth-order valence-electron chi connectivity index (χ4n) is 2.53. The van der Waals surface area contributed by atoms with Crippen LogP contribution in [-0.4, -0.2) is 0 Å². The summed E-state index contributed by atoms with van der Waals surface area (Å²) >= 11 is 0. The number of pyridine rings is 2. The summed E-state index contributed by atoms with van der Waals surface area (Å²) in [6.07, 6.45) is 8.58. The molecule has 4 heteroatoms. The molecular weight excluding hydrogens is 428 g/mol. The molecule has 126 valence electrons. The smallest absolute Gasteiger partial charge is 0.174 e. The van der Waals surface area contributed by atoms with Gasteiger partial charge in [-0.05, 0) is 25.0 Å². The Morgan fingerprint density at radius 2 is 0.917 bits per heavy atom. The van der Waals surface area contributed by atoms with E-state index in [0.29, 0.717) is 0 Å². The van der Waals surface area contributed by atoms with Gasteiger partial charge in [0.1, 0.15) is 0 Å². The number of hydrogen-bond donors (Lipinski definition) is 0. The van der Waals surface area contributed by atoms with Crippen molar-refractivity contribution in [2.45, 2.75) is 26.9 Å². The van der Waals surface area contributed by atoms with Gasteiger partial charge < -0.3 is 34.0 Å². The lowest BCUT2D eigenvalue weighted by atomic mass is 10.1. The Morgan fingerprint density at radius 1 is 0.583 bits per heavy atom. The normalized spacial score (nSPS) is 9.75. The van der Waals surface area contributed by atoms with Crippen LogP contribution in [0.25, 0.3) is 0 Å². The highest BCUT2D eigenvalue weighted by molar-refractivity contribution is 5.25. The second-order valence-electron chi connectivity index (χ2n) is 5.86. The van der Waals surface area contributed by atoms with E-state index in [1.54, 1.807) is 0 Å². The third kappa shape index (κ3) is 5.53. The van der Waals surface area contributed by atoms with E-state index in [0.717, 1.165) is 13.1 Å². The number of aryl methyl sites for hydroxylation is 2. The molecule has 2 heterocycles. The van der Waals surface area contributed by atoms with Gasteiger partial charge in [0, 0.05) is 35.4 Å². The highest BCUT2D eigenvalue weighted by Crippen LogP contribution is 2.08. The van der Waals surface area contributed by atoms with Crippen molar-refractivity contribution >= 4 is 0 Å². The van der Waals surface area contributed by atoms with Crippen LogP contribution in [0.15, 0.2) is 73.3 Å². The molecule has 0 spiro atoms. The van der Waals surface area contributed by atoms with Crippen LogP contribution >= 0.6 is 0 Å². The van der Waals surface area contributed by atoms with Gasteiger partial charge in [-0.1, -0.05) is 24.3 Å². The average molecular weight is 450 g/mol. The molecule has 3 aromatic rings. The van der Waals surface area contributed by atoms with E-state index in [-0.39, 0.29) is 34.0 Å². The molecule has 3 rings (SSSR count). The maximum Gasteiger partial charge on any atom is 0.174 e. The highest BCUT2D eigenvalue weighted by atomic mass is 79.9. The topological polar surface area (TPSA) is 7.76 Å². The van der Waals surface area contributed by atoms with Gasteiger partial charge in [-0.2, -0.15) is 0 Å². The lowest BCUT2D eigenvalue weighted by molar-refractivity contribution is -0.693. The number of hydrogen-bond acceptors (Lipinski definition) is 0. The summed E-state index contributed by atoms with van der Waals surface area (Å²) in [5, 5.41) is 0. The van der Waals surface area contributed by atoms with E-state index in [1.807, 2.05) is 0 Å². The molecule has 0 saturated heterocycles. The standard InChI is InChI=1S/C20H22N2.2BrH/c1-17-7-11-21(12-8-17)15-19-5-3-4-6-20(19)16-22-13-9-18(2)10-14-22;;/h3-14H,15-16H2,1-2H3;2*1H/q+2;;/p-2. The zero-order valence-corrected chi connectivity index (χ0v) is 17.2. The summed E-state index contributed by atoms with van der Waals surface area (Å²) in [5.74, 6) is 0. The molecule has 0 amide bonds. The molecule has 0 fully saturated rings. The first kappa shape index (κ1) is 20.5. The van der Waals surface area contributed by atoms with E-state index >= 15 is 0 Å². The second-order valence-corrected chi connectivity index (χ2v) is 5.86. The first-order valence-electron chi connectivity index (χ1n) is 7.69. The van der Waals surface area contributed by atoms with Gasteiger partial charge in [-0.25, -0.2) is 9.13 Å². The van der Waals surface area contributed by atoms with Crippen LogP contribution in [0.2, 0.25) is 0 Å². The van der Waals surface area contributed by atoms with Gasteiger partial charge in [0.25, 0.3) is 0 Å². The monoisotopic (exact) mass is 448 g/mol. The molecule has 0 unspecified atom stereocenters. The van der Waals surface area contributed by atoms with Crippen LogP contribution in [0.3, 0.4) is 0 Å². The zero-order valence-electron chi connectivity index (χ0n) is 14.0. The van der Waals surface area contributed by atoms with Crippen LogP contribution in [-0.2, 0) is 13.1 Å². The number of nitrogens with zero attached hydrogens (tertiary/aromatic N) is 2. The molecule has 0 N–H and O–H groups in total. The molecule has 2 nitrogen and oxygen atoms in total. The number of halogens is 2. The third-order valence-corrected chi connectivity index (χ3v) is 3.94. The summed E-state index contributed by atoms with van der Waals surface area (Å²) in [6.45, 7) is 6.05. The minimum absolute atomic E-state index is 0. The Hall–Kier alpha value is -1.52. The van der Waals surface area contributed by atoms with Crippen LogP contribution < -0.4 is 43.1 Å². The molecule has 0 aliphatic carbocycles. The fourth-order valence-corrected chi connectivity index (χ4v) is 2.53. The van der Waals surface area contributed by atoms with Crippen molar-refractivity contribution in [2.75, 3.05) is 0 Å². The summed E-state index contributed by atoms with van der Waals surface area (Å²) in [5.41, 5.74) is 5.31. The summed E-state index contributed by atoms with van der Waals surface area (Å²) in [4.78, 5) is 0. The maximum atomic E-state index is 2.23. The first-order valence-corrected chi connectivity index (χ1v) is 7.69. The van der Waals surface area contributed by atoms with E-state index in [4.69, 9.17) is 0 Å². The molecule has 2 aromatic heterocycles. The Kier molecular flexibility index (Phi) is 8.29. The minimum atomic E-state index is 0. The van der Waals surface area contributed by atoms with Crippen molar-refractivity contribution in [2.24, 2.45) is 0 Å². The Bertz CT molecular complexity index is 687. The molecule has 0 aliphatic rings. The highest BCUT2D eigenvalue weighted by Gasteiger charge is 2.11. The zero-order chi connectivity index (χ0) is 15.4. The van der Waals surface area contributed by atoms with Gasteiger partial charge >= 0.3 is 0 Å². The molecule has 0 radical (unpaired) electrons. The van der Waals surface area contributed by atoms with Crippen LogP contribution in [0.1, 0.15) is 22.3 Å². The van der Waals surface area contributed by atoms with E-state index in [1.165, 1.54) is 22.3 Å². The second kappa shape index (κ2) is 9.70. The predicted molar refractivity (Wildman–Crippen MR) is 87.4 cm³/mol. The Labute approximate surface area is 165 Å². The van der Waals surface area contributed by atoms with Crippen molar-refractivity contribution in [3.05, 3.63) is 95.6 Å². The average Bonchev–Trinajstić information content (AvgIpc) is 2.54. The Balaban J connectivity index is 0.00000144. The van der Waals surface area contributed by atoms with Crippen molar-refractivity contribution < 1.29 is 43.1 Å². The fraction of sp³-hybridized carbons (Fsp3) is 0.200. The number of benzene rings is 1. The van der Waals surface area contributed by atoms with E-state index < -0.39 is 0 Å². The molecule has 0 aliphatic heterocycles. The third-order valence-electron chi connectivity index (χ3n) is 3.94. The van der Waals surface area contributed by atoms with Gasteiger partial charge in [-0.15, -0.1) is 0 Å². The number of rotatable bonds is 4. The molecule has 24 heavy (non-hydrogen) atoms. The van der Waals surface area contributed by atoms with E-state index in [9.17, 15) is 0 Å². The Morgan fingerprint density at radius 3 is 1.25 bits per heavy atom. The van der Waals surface area contributed by atoms with Crippen LogP contribution in [0, 0.1) is 13.8 Å². The molecule has 1 aromatic carbocycles. The predicted octanol–water partition coefficient (Wildman–Crippen LogP) is -3.02. The SMILES string of the molecule is Cc1cc[n+](Cc2ccccc2C[n+]2ccc(C)cc2)cc1.[Br-].[Br-]. The van der Waals surface area contributed by atoms with Crippen molar-refractivity contribution in [1.29, 1.82) is 0 Å². The maximum absolute atomic E-state index is 2.23. The number of aromatic nitrogens is 2. The van der Waals surface area contributed by atoms with Crippen LogP contribution in [0.4, 0.5) is 0 Å². The largest absolute Gasteiger partial charge is 1.00 e. The van der Waals surface area contributed by atoms with Gasteiger partial charge in [0.15, 0.2) is 37.9 Å². The van der Waals surface area contributed by atoms with Crippen molar-refractivity contribution in [3.63, 3.8) is 0 Å². The lowest BCUT2D eigenvalue weighted by Gasteiger charge is -2.05. The minimum Gasteiger partial charge on any atom is -1.00 e. The van der Waals surface area contributed by atoms with Gasteiger partial charge in [-0.3, -0.25) is 0 Å². The van der Waals surface area contributed by atoms with E-state index in [2.05, 4.69) is 96.3 Å². The van der Waals surface area contributed by atoms with Crippen LogP contribution in [0.5, 0.6) is 0 Å². The van der Waals surface area contributed by atoms with Gasteiger partial charge in [0.05, 0.1) is 0 Å². The molecular formula is C20H22Br2N2. The molecule has 0 bridgehead atoms. The lowest BCUT2D eigenvalue weighted by Crippen LogP contribution is -3.00. The summed E-state index contributed by atoms with van der Waals surface area (Å²) < 4.78 is 4.46. The molecule has 0 saturated carbocycles. The van der Waals surface area contributed by atoms with Crippen molar-refractivity contribution in [1.82, 2.24) is 0 Å². The van der Waals surface area contributed by atoms with Gasteiger partial charge in [0.2, 0.25) is 0 Å². The summed E-state index contributed by atoms with van der Waals surface area (Å²) in [6, 6.07) is 17.3. The first-order chi connectivity index (χ1) is 10.7. The summed E-state index contributed by atoms with van der Waals surface area (Å²) in [7, 11) is 0.